The van der Waals surface area contributed by atoms with Crippen molar-refractivity contribution in [1.82, 2.24) is 4.98 Å². The van der Waals surface area contributed by atoms with Crippen molar-refractivity contribution in [2.75, 3.05) is 0 Å². The summed E-state index contributed by atoms with van der Waals surface area (Å²) < 4.78 is 72.8. The Morgan fingerprint density at radius 1 is 1.19 bits per heavy atom. The van der Waals surface area contributed by atoms with E-state index in [0.29, 0.717) is 6.07 Å². The molecule has 84 valence electrons. The van der Waals surface area contributed by atoms with E-state index in [1.165, 1.54) is 0 Å². The van der Waals surface area contributed by atoms with Gasteiger partial charge in [-0.2, -0.15) is 13.2 Å². The molecule has 1 nitrogen and oxygen atoms in total. The van der Waals surface area contributed by atoms with Gasteiger partial charge >= 0.3 is 64.5 Å². The molecule has 1 rings (SSSR count). The minimum atomic E-state index is -5.31. The Bertz CT molecular complexity index is 374. The van der Waals surface area contributed by atoms with Crippen LogP contribution in [0.15, 0.2) is 12.3 Å². The summed E-state index contributed by atoms with van der Waals surface area (Å²) in [7, 11) is 0. The summed E-state index contributed by atoms with van der Waals surface area (Å²) in [5.41, 5.74) is -2.94. The van der Waals surface area contributed by atoms with Crippen LogP contribution in [0.3, 0.4) is 0 Å². The Morgan fingerprint density at radius 2 is 1.69 bits per heavy atom. The van der Waals surface area contributed by atoms with Gasteiger partial charge in [0.1, 0.15) is 5.69 Å². The normalized spacial score (nSPS) is 12.2. The average Bonchev–Trinajstić information content (AvgIpc) is 1.99. The molecule has 9 heteroatoms. The van der Waals surface area contributed by atoms with E-state index in [-0.39, 0.29) is 57.6 Å². The fourth-order valence-electron chi connectivity index (χ4n) is 1.07. The number of alkyl halides is 3. The third-order valence-electron chi connectivity index (χ3n) is 1.75. The Kier molecular flexibility index (Phi) is 5.53. The van der Waals surface area contributed by atoms with Gasteiger partial charge in [0, 0.05) is 6.20 Å². The first kappa shape index (κ1) is 16.4. The van der Waals surface area contributed by atoms with Gasteiger partial charge in [-0.25, -0.2) is 0 Å². The molecule has 1 heterocycles. The molecule has 0 bridgehead atoms. The molecule has 0 aliphatic rings. The number of hydrogen-bond donors (Lipinski definition) is 0. The maximum atomic E-state index is 12.1. The number of pyridine rings is 1. The summed E-state index contributed by atoms with van der Waals surface area (Å²) in [6.45, 7) is -4.36. The molecule has 0 atom stereocenters. The SMILES string of the molecule is Cc1cc([B-](F)(F)F)cnc1C(F)(F)F.[K+]. The first-order valence-electron chi connectivity index (χ1n) is 3.86. The Morgan fingerprint density at radius 3 is 2.00 bits per heavy atom. The zero-order valence-corrected chi connectivity index (χ0v) is 11.6. The second kappa shape index (κ2) is 5.38. The number of halogens is 6. The second-order valence-electron chi connectivity index (χ2n) is 3.01. The predicted molar refractivity (Wildman–Crippen MR) is 42.7 cm³/mol. The number of aryl methyl sites for hydroxylation is 1. The van der Waals surface area contributed by atoms with Crippen molar-refractivity contribution < 1.29 is 77.5 Å². The third-order valence-corrected chi connectivity index (χ3v) is 1.75. The second-order valence-corrected chi connectivity index (χ2v) is 3.01. The van der Waals surface area contributed by atoms with Crippen molar-refractivity contribution >= 4 is 12.4 Å². The smallest absolute Gasteiger partial charge is 0.445 e. The van der Waals surface area contributed by atoms with Crippen LogP contribution in [0.4, 0.5) is 26.1 Å². The molecular formula is C7H5BF6KN. The fraction of sp³-hybridized carbons (Fsp3) is 0.286. The van der Waals surface area contributed by atoms with E-state index in [9.17, 15) is 26.1 Å². The van der Waals surface area contributed by atoms with Crippen molar-refractivity contribution in [3.63, 3.8) is 0 Å². The molecule has 1 aromatic rings. The van der Waals surface area contributed by atoms with Crippen LogP contribution in [0.2, 0.25) is 0 Å². The molecular weight excluding hydrogens is 262 g/mol. The van der Waals surface area contributed by atoms with Gasteiger partial charge in [-0.1, -0.05) is 11.5 Å². The topological polar surface area (TPSA) is 12.9 Å². The molecule has 0 spiro atoms. The summed E-state index contributed by atoms with van der Waals surface area (Å²) in [6, 6.07) is 0.454. The molecule has 0 saturated carbocycles. The molecule has 0 aliphatic carbocycles. The molecule has 0 aliphatic heterocycles. The van der Waals surface area contributed by atoms with Crippen LogP contribution < -0.4 is 56.8 Å². The van der Waals surface area contributed by atoms with E-state index in [4.69, 9.17) is 0 Å². The number of nitrogens with zero attached hydrogens (tertiary/aromatic N) is 1. The molecule has 0 radical (unpaired) electrons. The summed E-state index contributed by atoms with van der Waals surface area (Å²) in [6.07, 6.45) is -4.52. The molecule has 0 amide bonds. The van der Waals surface area contributed by atoms with Crippen molar-refractivity contribution in [3.05, 3.63) is 23.5 Å². The minimum absolute atomic E-state index is 0. The van der Waals surface area contributed by atoms with Gasteiger partial charge in [0.15, 0.2) is 0 Å². The fourth-order valence-corrected chi connectivity index (χ4v) is 1.07. The largest absolute Gasteiger partial charge is 1.00 e. The molecule has 16 heavy (non-hydrogen) atoms. The third kappa shape index (κ3) is 4.03. The van der Waals surface area contributed by atoms with Crippen LogP contribution in [0.1, 0.15) is 11.3 Å². The summed E-state index contributed by atoms with van der Waals surface area (Å²) in [5.74, 6) is 0. The van der Waals surface area contributed by atoms with E-state index in [1.807, 2.05) is 0 Å². The van der Waals surface area contributed by atoms with Crippen molar-refractivity contribution in [2.45, 2.75) is 13.1 Å². The Balaban J connectivity index is 0.00000225. The van der Waals surface area contributed by atoms with Crippen LogP contribution in [-0.2, 0) is 6.18 Å². The van der Waals surface area contributed by atoms with E-state index in [0.717, 1.165) is 6.92 Å². The standard InChI is InChI=1S/C7H5BF6N.K/c1-4-2-5(8(12,13)14)3-15-6(4)7(9,10)11;/h2-3H,1H3;/q-1;+1. The van der Waals surface area contributed by atoms with Crippen LogP contribution in [0.25, 0.3) is 0 Å². The van der Waals surface area contributed by atoms with Gasteiger partial charge in [0.25, 0.3) is 0 Å². The Labute approximate surface area is 130 Å². The molecule has 0 N–H and O–H groups in total. The van der Waals surface area contributed by atoms with Gasteiger partial charge in [-0.15, -0.1) is 0 Å². The monoisotopic (exact) mass is 267 g/mol. The first-order valence-corrected chi connectivity index (χ1v) is 3.86. The van der Waals surface area contributed by atoms with Crippen LogP contribution >= 0.6 is 0 Å². The van der Waals surface area contributed by atoms with Gasteiger partial charge in [-0.05, 0) is 12.5 Å². The van der Waals surface area contributed by atoms with Crippen LogP contribution in [0, 0.1) is 6.92 Å². The van der Waals surface area contributed by atoms with Gasteiger partial charge < -0.3 is 12.9 Å². The quantitative estimate of drug-likeness (QED) is 0.492. The van der Waals surface area contributed by atoms with Gasteiger partial charge in [0.2, 0.25) is 0 Å². The molecule has 0 fully saturated rings. The zero-order chi connectivity index (χ0) is 11.9. The summed E-state index contributed by atoms with van der Waals surface area (Å²) in [5, 5.41) is 0. The van der Waals surface area contributed by atoms with Crippen molar-refractivity contribution in [1.29, 1.82) is 0 Å². The number of rotatable bonds is 1. The van der Waals surface area contributed by atoms with Crippen LogP contribution in [-0.4, -0.2) is 12.0 Å². The molecule has 0 unspecified atom stereocenters. The molecule has 0 aromatic carbocycles. The van der Waals surface area contributed by atoms with Crippen molar-refractivity contribution in [2.24, 2.45) is 0 Å². The number of aromatic nitrogens is 1. The van der Waals surface area contributed by atoms with Gasteiger partial charge in [-0.3, -0.25) is 4.98 Å². The van der Waals surface area contributed by atoms with Crippen molar-refractivity contribution in [3.8, 4) is 0 Å². The van der Waals surface area contributed by atoms with E-state index in [1.54, 1.807) is 0 Å². The maximum Gasteiger partial charge on any atom is 1.00 e. The maximum absolute atomic E-state index is 12.1. The average molecular weight is 267 g/mol. The Hall–Kier alpha value is 0.431. The molecule has 1 aromatic heterocycles. The first-order chi connectivity index (χ1) is 6.62. The molecule has 0 saturated heterocycles. The van der Waals surface area contributed by atoms with Crippen LogP contribution in [0.5, 0.6) is 0 Å². The summed E-state index contributed by atoms with van der Waals surface area (Å²) in [4.78, 5) is 2.79. The summed E-state index contributed by atoms with van der Waals surface area (Å²) >= 11 is 0. The van der Waals surface area contributed by atoms with Gasteiger partial charge in [0.05, 0.1) is 0 Å². The minimum Gasteiger partial charge on any atom is -0.445 e. The zero-order valence-electron chi connectivity index (χ0n) is 8.45. The van der Waals surface area contributed by atoms with E-state index < -0.39 is 29.9 Å². The predicted octanol–water partition coefficient (Wildman–Crippen LogP) is -0.533. The number of hydrogen-bond acceptors (Lipinski definition) is 1. The van der Waals surface area contributed by atoms with E-state index in [2.05, 4.69) is 4.98 Å². The van der Waals surface area contributed by atoms with E-state index >= 15 is 0 Å².